The molecule has 1 rings (SSSR count). The van der Waals surface area contributed by atoms with Gasteiger partial charge in [-0.25, -0.2) is 0 Å². The van der Waals surface area contributed by atoms with Crippen molar-refractivity contribution in [1.29, 1.82) is 0 Å². The molecule has 1 fully saturated rings. The number of rotatable bonds is 2. The van der Waals surface area contributed by atoms with Gasteiger partial charge in [0.05, 0.1) is 12.5 Å². The number of likely N-dealkylation sites (tertiary alicyclic amines) is 1. The fourth-order valence-electron chi connectivity index (χ4n) is 1.68. The van der Waals surface area contributed by atoms with E-state index in [4.69, 9.17) is 5.11 Å². The molecule has 1 saturated heterocycles. The van der Waals surface area contributed by atoms with Gasteiger partial charge in [0.1, 0.15) is 0 Å². The van der Waals surface area contributed by atoms with E-state index in [2.05, 4.69) is 0 Å². The van der Waals surface area contributed by atoms with Crippen molar-refractivity contribution in [1.82, 2.24) is 4.90 Å². The van der Waals surface area contributed by atoms with Gasteiger partial charge in [-0.3, -0.25) is 4.90 Å². The molecule has 1 heterocycles. The monoisotopic (exact) mass is 211 g/mol. The van der Waals surface area contributed by atoms with E-state index in [0.717, 1.165) is 0 Å². The van der Waals surface area contributed by atoms with Crippen LogP contribution in [0.4, 0.5) is 13.2 Å². The molecule has 14 heavy (non-hydrogen) atoms. The van der Waals surface area contributed by atoms with E-state index >= 15 is 0 Å². The molecular weight excluding hydrogens is 195 g/mol. The molecule has 0 aliphatic carbocycles. The zero-order valence-electron chi connectivity index (χ0n) is 8.43. The van der Waals surface area contributed by atoms with Crippen LogP contribution < -0.4 is 0 Å². The summed E-state index contributed by atoms with van der Waals surface area (Å²) in [7, 11) is 0. The van der Waals surface area contributed by atoms with Crippen molar-refractivity contribution in [3.8, 4) is 0 Å². The van der Waals surface area contributed by atoms with Crippen LogP contribution in [0.25, 0.3) is 0 Å². The molecule has 0 aromatic carbocycles. The van der Waals surface area contributed by atoms with E-state index in [9.17, 15) is 13.2 Å². The third kappa shape index (κ3) is 2.39. The van der Waals surface area contributed by atoms with Gasteiger partial charge in [0.2, 0.25) is 0 Å². The van der Waals surface area contributed by atoms with Crippen LogP contribution >= 0.6 is 0 Å². The van der Waals surface area contributed by atoms with Gasteiger partial charge < -0.3 is 5.11 Å². The lowest BCUT2D eigenvalue weighted by Gasteiger charge is -2.33. The Morgan fingerprint density at radius 3 is 2.29 bits per heavy atom. The zero-order chi connectivity index (χ0) is 11.0. The van der Waals surface area contributed by atoms with Crippen molar-refractivity contribution < 1.29 is 18.3 Å². The lowest BCUT2D eigenvalue weighted by atomic mass is 10.0. The van der Waals surface area contributed by atoms with Crippen LogP contribution in [0.1, 0.15) is 20.3 Å². The molecule has 84 valence electrons. The van der Waals surface area contributed by atoms with Gasteiger partial charge in [-0.2, -0.15) is 13.2 Å². The SMILES string of the molecule is CC(C)(CO)N1CCC(C(F)(F)F)C1. The van der Waals surface area contributed by atoms with E-state index < -0.39 is 17.6 Å². The first-order valence-electron chi connectivity index (χ1n) is 4.70. The molecule has 2 nitrogen and oxygen atoms in total. The van der Waals surface area contributed by atoms with Crippen molar-refractivity contribution in [2.24, 2.45) is 5.92 Å². The number of nitrogens with zero attached hydrogens (tertiary/aromatic N) is 1. The second kappa shape index (κ2) is 3.70. The van der Waals surface area contributed by atoms with Gasteiger partial charge in [0.15, 0.2) is 0 Å². The summed E-state index contributed by atoms with van der Waals surface area (Å²) in [5, 5.41) is 9.02. The van der Waals surface area contributed by atoms with Crippen molar-refractivity contribution >= 4 is 0 Å². The number of alkyl halides is 3. The zero-order valence-corrected chi connectivity index (χ0v) is 8.43. The highest BCUT2D eigenvalue weighted by Gasteiger charge is 2.46. The van der Waals surface area contributed by atoms with Crippen LogP contribution in [-0.2, 0) is 0 Å². The Labute approximate surface area is 81.7 Å². The minimum absolute atomic E-state index is 0.0110. The number of aliphatic hydroxyl groups excluding tert-OH is 1. The molecule has 0 bridgehead atoms. The number of aliphatic hydroxyl groups is 1. The molecule has 1 aliphatic rings. The fraction of sp³-hybridized carbons (Fsp3) is 1.00. The van der Waals surface area contributed by atoms with E-state index in [-0.39, 0.29) is 19.6 Å². The first kappa shape index (κ1) is 11.8. The second-order valence-corrected chi connectivity index (χ2v) is 4.44. The first-order chi connectivity index (χ1) is 6.27. The summed E-state index contributed by atoms with van der Waals surface area (Å²) in [6.45, 7) is 3.82. The summed E-state index contributed by atoms with van der Waals surface area (Å²) in [5.41, 5.74) is -0.542. The van der Waals surface area contributed by atoms with Gasteiger partial charge in [0, 0.05) is 12.1 Å². The molecule has 1 atom stereocenters. The molecule has 1 aliphatic heterocycles. The van der Waals surface area contributed by atoms with Crippen molar-refractivity contribution in [2.45, 2.75) is 32.0 Å². The molecule has 0 radical (unpaired) electrons. The largest absolute Gasteiger partial charge is 0.394 e. The summed E-state index contributed by atoms with van der Waals surface area (Å²) >= 11 is 0. The lowest BCUT2D eigenvalue weighted by Crippen LogP contribution is -2.46. The Hall–Kier alpha value is -0.290. The molecule has 1 unspecified atom stereocenters. The predicted octanol–water partition coefficient (Wildman–Crippen LogP) is 1.64. The number of hydrogen-bond acceptors (Lipinski definition) is 2. The van der Waals surface area contributed by atoms with Crippen molar-refractivity contribution in [3.63, 3.8) is 0 Å². The van der Waals surface area contributed by atoms with Gasteiger partial charge in [0.25, 0.3) is 0 Å². The Balaban J connectivity index is 2.58. The molecule has 0 spiro atoms. The van der Waals surface area contributed by atoms with Crippen LogP contribution in [0.2, 0.25) is 0 Å². The Morgan fingerprint density at radius 1 is 1.36 bits per heavy atom. The molecule has 0 saturated carbocycles. The van der Waals surface area contributed by atoms with E-state index in [1.807, 2.05) is 0 Å². The van der Waals surface area contributed by atoms with E-state index in [1.54, 1.807) is 18.7 Å². The first-order valence-corrected chi connectivity index (χ1v) is 4.70. The minimum atomic E-state index is -4.10. The van der Waals surface area contributed by atoms with Crippen molar-refractivity contribution in [3.05, 3.63) is 0 Å². The standard InChI is InChI=1S/C9H16F3NO/c1-8(2,6-14)13-4-3-7(5-13)9(10,11)12/h7,14H,3-6H2,1-2H3. The predicted molar refractivity (Wildman–Crippen MR) is 46.9 cm³/mol. The maximum Gasteiger partial charge on any atom is 0.393 e. The summed E-state index contributed by atoms with van der Waals surface area (Å²) in [5.74, 6) is -1.23. The van der Waals surface area contributed by atoms with Gasteiger partial charge in [-0.05, 0) is 26.8 Å². The molecule has 5 heteroatoms. The van der Waals surface area contributed by atoms with Crippen LogP contribution in [0.3, 0.4) is 0 Å². The van der Waals surface area contributed by atoms with Gasteiger partial charge >= 0.3 is 6.18 Å². The van der Waals surface area contributed by atoms with Crippen LogP contribution in [-0.4, -0.2) is 41.4 Å². The Morgan fingerprint density at radius 2 is 1.93 bits per heavy atom. The smallest absolute Gasteiger partial charge is 0.393 e. The number of hydrogen-bond donors (Lipinski definition) is 1. The summed E-state index contributed by atoms with van der Waals surface area (Å²) in [4.78, 5) is 1.70. The molecule has 1 N–H and O–H groups in total. The fourth-order valence-corrected chi connectivity index (χ4v) is 1.68. The topological polar surface area (TPSA) is 23.5 Å². The number of halogens is 3. The van der Waals surface area contributed by atoms with E-state index in [0.29, 0.717) is 6.54 Å². The second-order valence-electron chi connectivity index (χ2n) is 4.44. The summed E-state index contributed by atoms with van der Waals surface area (Å²) in [6.07, 6.45) is -3.95. The molecule has 0 aromatic heterocycles. The third-order valence-electron chi connectivity index (χ3n) is 2.89. The maximum atomic E-state index is 12.3. The maximum absolute atomic E-state index is 12.3. The van der Waals surface area contributed by atoms with Crippen LogP contribution in [0.15, 0.2) is 0 Å². The molecule has 0 aromatic rings. The highest BCUT2D eigenvalue weighted by molar-refractivity contribution is 4.89. The Bertz CT molecular complexity index is 203. The van der Waals surface area contributed by atoms with Crippen LogP contribution in [0.5, 0.6) is 0 Å². The molecular formula is C9H16F3NO. The summed E-state index contributed by atoms with van der Waals surface area (Å²) in [6, 6.07) is 0. The minimum Gasteiger partial charge on any atom is -0.394 e. The lowest BCUT2D eigenvalue weighted by molar-refractivity contribution is -0.171. The van der Waals surface area contributed by atoms with E-state index in [1.165, 1.54) is 0 Å². The normalized spacial score (nSPS) is 25.7. The van der Waals surface area contributed by atoms with Crippen molar-refractivity contribution in [2.75, 3.05) is 19.7 Å². The summed E-state index contributed by atoms with van der Waals surface area (Å²) < 4.78 is 37.0. The molecule has 0 amide bonds. The Kier molecular flexibility index (Phi) is 3.11. The third-order valence-corrected chi connectivity index (χ3v) is 2.89. The average Bonchev–Trinajstić information content (AvgIpc) is 2.51. The van der Waals surface area contributed by atoms with Crippen LogP contribution in [0, 0.1) is 5.92 Å². The quantitative estimate of drug-likeness (QED) is 0.750. The highest BCUT2D eigenvalue weighted by Crippen LogP contribution is 2.35. The van der Waals surface area contributed by atoms with Gasteiger partial charge in [-0.1, -0.05) is 0 Å². The van der Waals surface area contributed by atoms with Gasteiger partial charge in [-0.15, -0.1) is 0 Å². The highest BCUT2D eigenvalue weighted by atomic mass is 19.4. The average molecular weight is 211 g/mol.